The number of aromatic nitrogens is 2. The summed E-state index contributed by atoms with van der Waals surface area (Å²) < 4.78 is 29.5. The van der Waals surface area contributed by atoms with Gasteiger partial charge >= 0.3 is 0 Å². The third-order valence-corrected chi connectivity index (χ3v) is 7.81. The van der Waals surface area contributed by atoms with Crippen LogP contribution in [0.15, 0.2) is 53.4 Å². The molecule has 8 heteroatoms. The molecule has 0 amide bonds. The molecule has 0 saturated carbocycles. The number of hydrogen-bond donors (Lipinski definition) is 1. The topological polar surface area (TPSA) is 99.2 Å². The van der Waals surface area contributed by atoms with Crippen LogP contribution in [0.1, 0.15) is 31.7 Å². The molecule has 2 atom stereocenters. The van der Waals surface area contributed by atoms with Gasteiger partial charge in [-0.15, -0.1) is 0 Å². The van der Waals surface area contributed by atoms with Gasteiger partial charge in [-0.1, -0.05) is 26.0 Å². The van der Waals surface area contributed by atoms with Crippen LogP contribution in [0.4, 0.5) is 0 Å². The summed E-state index contributed by atoms with van der Waals surface area (Å²) in [5.74, 6) is 0.729. The van der Waals surface area contributed by atoms with Gasteiger partial charge in [0.15, 0.2) is 5.82 Å². The number of nitriles is 1. The number of imidazole rings is 1. The van der Waals surface area contributed by atoms with Crippen molar-refractivity contribution in [3.63, 3.8) is 0 Å². The molecule has 0 spiro atoms. The molecule has 7 nitrogen and oxygen atoms in total. The number of aliphatic hydroxyl groups is 1. The summed E-state index contributed by atoms with van der Waals surface area (Å²) in [6.07, 6.45) is 1.02. The van der Waals surface area contributed by atoms with Crippen LogP contribution in [-0.2, 0) is 17.1 Å². The summed E-state index contributed by atoms with van der Waals surface area (Å²) in [5.41, 5.74) is 1.94. The molecule has 0 radical (unpaired) electrons. The Labute approximate surface area is 188 Å². The summed E-state index contributed by atoms with van der Waals surface area (Å²) in [6, 6.07) is 15.5. The van der Waals surface area contributed by atoms with E-state index in [0.717, 1.165) is 17.5 Å². The third kappa shape index (κ3) is 3.90. The van der Waals surface area contributed by atoms with Crippen molar-refractivity contribution in [1.82, 2.24) is 13.9 Å². The number of nitrogens with zero attached hydrogens (tertiary/aromatic N) is 4. The van der Waals surface area contributed by atoms with Crippen molar-refractivity contribution < 1.29 is 13.5 Å². The van der Waals surface area contributed by atoms with Crippen molar-refractivity contribution in [2.75, 3.05) is 13.1 Å². The highest BCUT2D eigenvalue weighted by Crippen LogP contribution is 2.29. The molecule has 4 rings (SSSR count). The van der Waals surface area contributed by atoms with E-state index < -0.39 is 10.0 Å². The van der Waals surface area contributed by atoms with Gasteiger partial charge in [-0.05, 0) is 54.7 Å². The van der Waals surface area contributed by atoms with Gasteiger partial charge in [-0.3, -0.25) is 0 Å². The summed E-state index contributed by atoms with van der Waals surface area (Å²) in [7, 11) is -1.83. The van der Waals surface area contributed by atoms with Gasteiger partial charge in [0.25, 0.3) is 0 Å². The highest BCUT2D eigenvalue weighted by atomic mass is 32.2. The Morgan fingerprint density at radius 3 is 2.31 bits per heavy atom. The molecule has 2 aromatic carbocycles. The molecule has 1 N–H and O–H groups in total. The number of sulfonamides is 1. The van der Waals surface area contributed by atoms with Crippen LogP contribution in [0, 0.1) is 23.2 Å². The van der Waals surface area contributed by atoms with E-state index in [4.69, 9.17) is 0 Å². The van der Waals surface area contributed by atoms with Gasteiger partial charge in [0.05, 0.1) is 15.9 Å². The van der Waals surface area contributed by atoms with E-state index >= 15 is 0 Å². The molecular weight excluding hydrogens is 424 g/mol. The maximum absolute atomic E-state index is 13.1. The Morgan fingerprint density at radius 1 is 1.09 bits per heavy atom. The van der Waals surface area contributed by atoms with Crippen molar-refractivity contribution in [2.45, 2.75) is 25.2 Å². The second kappa shape index (κ2) is 8.41. The van der Waals surface area contributed by atoms with Crippen molar-refractivity contribution in [3.8, 4) is 6.07 Å². The minimum atomic E-state index is -3.62. The van der Waals surface area contributed by atoms with Gasteiger partial charge in [-0.2, -0.15) is 9.57 Å². The van der Waals surface area contributed by atoms with Crippen LogP contribution >= 0.6 is 0 Å². The smallest absolute Gasteiger partial charge is 0.243 e. The van der Waals surface area contributed by atoms with Crippen molar-refractivity contribution >= 4 is 32.4 Å². The fourth-order valence-corrected chi connectivity index (χ4v) is 6.14. The van der Waals surface area contributed by atoms with Crippen LogP contribution in [-0.4, -0.2) is 40.5 Å². The molecule has 1 fully saturated rings. The minimum absolute atomic E-state index is 0.0259. The molecule has 0 unspecified atom stereocenters. The van der Waals surface area contributed by atoms with Gasteiger partial charge in [0.1, 0.15) is 17.4 Å². The lowest BCUT2D eigenvalue weighted by Gasteiger charge is -2.34. The molecule has 1 saturated heterocycles. The van der Waals surface area contributed by atoms with Gasteiger partial charge in [0.2, 0.25) is 10.0 Å². The van der Waals surface area contributed by atoms with Gasteiger partial charge in [0, 0.05) is 25.7 Å². The summed E-state index contributed by atoms with van der Waals surface area (Å²) >= 11 is 0. The lowest BCUT2D eigenvalue weighted by Crippen LogP contribution is -2.42. The van der Waals surface area contributed by atoms with Crippen molar-refractivity contribution in [1.29, 1.82) is 5.26 Å². The first-order valence-electron chi connectivity index (χ1n) is 10.6. The van der Waals surface area contributed by atoms with E-state index in [1.807, 2.05) is 30.3 Å². The molecule has 1 aromatic heterocycles. The second-order valence-electron chi connectivity index (χ2n) is 8.61. The molecule has 0 aliphatic carbocycles. The number of hydrogen-bond acceptors (Lipinski definition) is 5. The molecule has 0 bridgehead atoms. The Bertz CT molecular complexity index is 1320. The van der Waals surface area contributed by atoms with Crippen LogP contribution < -0.4 is 0 Å². The summed E-state index contributed by atoms with van der Waals surface area (Å²) in [5, 5.41) is 20.6. The quantitative estimate of drug-likeness (QED) is 0.475. The molecule has 166 valence electrons. The fourth-order valence-electron chi connectivity index (χ4n) is 4.46. The number of aryl methyl sites for hydroxylation is 1. The maximum atomic E-state index is 13.1. The van der Waals surface area contributed by atoms with Crippen LogP contribution in [0.5, 0.6) is 0 Å². The number of aliphatic hydroxyl groups excluding tert-OH is 1. The predicted molar refractivity (Wildman–Crippen MR) is 124 cm³/mol. The van der Waals surface area contributed by atoms with E-state index in [-0.39, 0.29) is 16.2 Å². The monoisotopic (exact) mass is 450 g/mol. The zero-order valence-corrected chi connectivity index (χ0v) is 19.2. The second-order valence-corrected chi connectivity index (χ2v) is 10.5. The number of rotatable bonds is 4. The Morgan fingerprint density at radius 2 is 1.72 bits per heavy atom. The van der Waals surface area contributed by atoms with Gasteiger partial charge < -0.3 is 9.67 Å². The zero-order valence-electron chi connectivity index (χ0n) is 18.4. The normalized spacial score (nSPS) is 20.7. The largest absolute Gasteiger partial charge is 0.506 e. The first-order valence-corrected chi connectivity index (χ1v) is 12.0. The minimum Gasteiger partial charge on any atom is -0.506 e. The van der Waals surface area contributed by atoms with Crippen LogP contribution in [0.2, 0.25) is 0 Å². The maximum Gasteiger partial charge on any atom is 0.243 e. The highest BCUT2D eigenvalue weighted by Gasteiger charge is 2.31. The highest BCUT2D eigenvalue weighted by molar-refractivity contribution is 7.89. The average Bonchev–Trinajstić information content (AvgIpc) is 3.10. The van der Waals surface area contributed by atoms with E-state index in [1.54, 1.807) is 11.6 Å². The third-order valence-electron chi connectivity index (χ3n) is 5.96. The molecule has 3 aromatic rings. The van der Waals surface area contributed by atoms with Crippen molar-refractivity contribution in [2.24, 2.45) is 18.9 Å². The summed E-state index contributed by atoms with van der Waals surface area (Å²) in [6.45, 7) is 5.14. The standard InChI is InChI=1S/C24H26N4O3S/c1-16-12-17(2)15-28(14-16)32(30,31)19-10-8-18(9-11-19)23(29)20(13-25)24-26-21-6-4-5-7-22(21)27(24)3/h4-11,16-17,29H,12,14-15H2,1-3H3/t16-,17+. The van der Waals surface area contributed by atoms with Crippen molar-refractivity contribution in [3.05, 3.63) is 59.9 Å². The Balaban J connectivity index is 1.69. The number of para-hydroxylation sites is 2. The van der Waals surface area contributed by atoms with Gasteiger partial charge in [-0.25, -0.2) is 13.4 Å². The lowest BCUT2D eigenvalue weighted by molar-refractivity contribution is 0.222. The predicted octanol–water partition coefficient (Wildman–Crippen LogP) is 4.19. The molecular formula is C24H26N4O3S. The number of benzene rings is 2. The van der Waals surface area contributed by atoms with Crippen LogP contribution in [0.25, 0.3) is 22.4 Å². The average molecular weight is 451 g/mol. The molecule has 32 heavy (non-hydrogen) atoms. The summed E-state index contributed by atoms with van der Waals surface area (Å²) in [4.78, 5) is 4.66. The Hall–Kier alpha value is -3.15. The first-order chi connectivity index (χ1) is 15.2. The number of piperidine rings is 1. The number of fused-ring (bicyclic) bond motifs is 1. The van der Waals surface area contributed by atoms with Crippen LogP contribution in [0.3, 0.4) is 0 Å². The Kier molecular flexibility index (Phi) is 5.80. The SMILES string of the molecule is C[C@@H]1C[C@H](C)CN(S(=O)(=O)c2ccc(C(O)=C(C#N)c3nc4ccccc4n3C)cc2)C1. The molecule has 1 aliphatic heterocycles. The van der Waals surface area contributed by atoms with E-state index in [0.29, 0.717) is 36.3 Å². The first kappa shape index (κ1) is 22.1. The molecule has 2 heterocycles. The van der Waals surface area contributed by atoms with E-state index in [2.05, 4.69) is 18.8 Å². The lowest BCUT2D eigenvalue weighted by atomic mass is 9.94. The fraction of sp³-hybridized carbons (Fsp3) is 0.333. The van der Waals surface area contributed by atoms with E-state index in [9.17, 15) is 18.8 Å². The van der Waals surface area contributed by atoms with E-state index in [1.165, 1.54) is 28.6 Å². The molecule has 1 aliphatic rings. The number of allylic oxidation sites excluding steroid dienone is 1. The zero-order chi connectivity index (χ0) is 23.0.